The van der Waals surface area contributed by atoms with Crippen molar-refractivity contribution in [2.45, 2.75) is 20.3 Å². The fourth-order valence-electron chi connectivity index (χ4n) is 1.51. The highest BCUT2D eigenvalue weighted by atomic mass is 79.9. The number of hydrogen-bond donors (Lipinski definition) is 0. The number of rotatable bonds is 2. The lowest BCUT2D eigenvalue weighted by molar-refractivity contribution is 0.477. The van der Waals surface area contributed by atoms with Crippen molar-refractivity contribution in [1.82, 2.24) is 4.98 Å². The summed E-state index contributed by atoms with van der Waals surface area (Å²) in [5.74, 6) is 1.67. The molecule has 0 unspecified atom stereocenters. The Labute approximate surface area is 97.5 Å². The zero-order valence-corrected chi connectivity index (χ0v) is 10.3. The number of nitrogens with zero attached hydrogens (tertiary/aromatic N) is 1. The first-order chi connectivity index (χ1) is 7.20. The second kappa shape index (κ2) is 4.19. The fraction of sp³-hybridized carbons (Fsp3) is 0.250. The molecule has 2 nitrogen and oxygen atoms in total. The van der Waals surface area contributed by atoms with E-state index in [-0.39, 0.29) is 0 Å². The van der Waals surface area contributed by atoms with Crippen LogP contribution in [0.25, 0.3) is 11.3 Å². The van der Waals surface area contributed by atoms with Crippen LogP contribution in [0, 0.1) is 6.92 Å². The lowest BCUT2D eigenvalue weighted by atomic mass is 10.1. The zero-order valence-electron chi connectivity index (χ0n) is 8.75. The van der Waals surface area contributed by atoms with Crippen molar-refractivity contribution in [3.8, 4) is 11.3 Å². The van der Waals surface area contributed by atoms with Crippen LogP contribution in [-0.2, 0) is 6.42 Å². The van der Waals surface area contributed by atoms with Crippen molar-refractivity contribution in [2.75, 3.05) is 0 Å². The zero-order chi connectivity index (χ0) is 10.8. The quantitative estimate of drug-likeness (QED) is 0.821. The molecule has 2 aromatic rings. The van der Waals surface area contributed by atoms with Crippen LogP contribution in [0.2, 0.25) is 0 Å². The van der Waals surface area contributed by atoms with Crippen LogP contribution in [0.1, 0.15) is 18.6 Å². The number of halogens is 1. The largest absolute Gasteiger partial charge is 0.445 e. The molecule has 1 aromatic heterocycles. The van der Waals surface area contributed by atoms with E-state index in [9.17, 15) is 0 Å². The van der Waals surface area contributed by atoms with Gasteiger partial charge in [0.25, 0.3) is 0 Å². The van der Waals surface area contributed by atoms with Gasteiger partial charge in [0.05, 0.1) is 0 Å². The third-order valence-corrected chi connectivity index (χ3v) is 2.73. The maximum absolute atomic E-state index is 5.53. The van der Waals surface area contributed by atoms with Gasteiger partial charge in [-0.2, -0.15) is 0 Å². The van der Waals surface area contributed by atoms with Crippen LogP contribution in [0.15, 0.2) is 33.2 Å². The summed E-state index contributed by atoms with van der Waals surface area (Å²) in [5, 5.41) is 0. The van der Waals surface area contributed by atoms with Gasteiger partial charge in [-0.05, 0) is 19.1 Å². The number of benzene rings is 1. The summed E-state index contributed by atoms with van der Waals surface area (Å²) in [5.41, 5.74) is 2.03. The van der Waals surface area contributed by atoms with Crippen LogP contribution >= 0.6 is 15.9 Å². The topological polar surface area (TPSA) is 26.0 Å². The highest BCUT2D eigenvalue weighted by molar-refractivity contribution is 9.10. The Kier molecular flexibility index (Phi) is 2.91. The third-order valence-electron chi connectivity index (χ3n) is 2.24. The monoisotopic (exact) mass is 265 g/mol. The molecule has 3 heteroatoms. The van der Waals surface area contributed by atoms with Crippen molar-refractivity contribution in [1.29, 1.82) is 0 Å². The predicted octanol–water partition coefficient (Wildman–Crippen LogP) is 3.97. The van der Waals surface area contributed by atoms with Gasteiger partial charge < -0.3 is 4.42 Å². The van der Waals surface area contributed by atoms with Gasteiger partial charge in [-0.3, -0.25) is 0 Å². The maximum atomic E-state index is 5.53. The summed E-state index contributed by atoms with van der Waals surface area (Å²) < 4.78 is 6.59. The van der Waals surface area contributed by atoms with Crippen molar-refractivity contribution in [3.63, 3.8) is 0 Å². The van der Waals surface area contributed by atoms with Crippen LogP contribution < -0.4 is 0 Å². The SMILES string of the molecule is CCc1nc(-c2cccc(Br)c2)c(C)o1. The van der Waals surface area contributed by atoms with Crippen molar-refractivity contribution < 1.29 is 4.42 Å². The van der Waals surface area contributed by atoms with E-state index in [1.807, 2.05) is 38.1 Å². The molecule has 0 aliphatic heterocycles. The molecule has 0 N–H and O–H groups in total. The molecule has 0 aliphatic carbocycles. The van der Waals surface area contributed by atoms with Crippen molar-refractivity contribution in [3.05, 3.63) is 40.4 Å². The predicted molar refractivity (Wildman–Crippen MR) is 63.8 cm³/mol. The minimum Gasteiger partial charge on any atom is -0.445 e. The van der Waals surface area contributed by atoms with E-state index in [0.29, 0.717) is 0 Å². The van der Waals surface area contributed by atoms with E-state index in [1.54, 1.807) is 0 Å². The van der Waals surface area contributed by atoms with Crippen LogP contribution in [0.4, 0.5) is 0 Å². The summed E-state index contributed by atoms with van der Waals surface area (Å²) in [6.07, 6.45) is 0.828. The van der Waals surface area contributed by atoms with Gasteiger partial charge in [0.1, 0.15) is 11.5 Å². The summed E-state index contributed by atoms with van der Waals surface area (Å²) in [6, 6.07) is 8.08. The number of hydrogen-bond acceptors (Lipinski definition) is 2. The lowest BCUT2D eigenvalue weighted by Gasteiger charge is -1.97. The van der Waals surface area contributed by atoms with Gasteiger partial charge >= 0.3 is 0 Å². The normalized spacial score (nSPS) is 10.6. The smallest absolute Gasteiger partial charge is 0.194 e. The maximum Gasteiger partial charge on any atom is 0.194 e. The molecule has 0 radical (unpaired) electrons. The van der Waals surface area contributed by atoms with Gasteiger partial charge in [-0.1, -0.05) is 35.0 Å². The first-order valence-electron chi connectivity index (χ1n) is 4.93. The van der Waals surface area contributed by atoms with E-state index < -0.39 is 0 Å². The van der Waals surface area contributed by atoms with E-state index in [4.69, 9.17) is 4.42 Å². The van der Waals surface area contributed by atoms with Crippen LogP contribution in [0.3, 0.4) is 0 Å². The van der Waals surface area contributed by atoms with Crippen molar-refractivity contribution in [2.24, 2.45) is 0 Å². The molecule has 0 bridgehead atoms. The molecule has 15 heavy (non-hydrogen) atoms. The molecule has 0 amide bonds. The number of aromatic nitrogens is 1. The van der Waals surface area contributed by atoms with Gasteiger partial charge in [0.2, 0.25) is 0 Å². The second-order valence-corrected chi connectivity index (χ2v) is 4.29. The molecular weight excluding hydrogens is 254 g/mol. The highest BCUT2D eigenvalue weighted by Gasteiger charge is 2.10. The van der Waals surface area contributed by atoms with Crippen LogP contribution in [0.5, 0.6) is 0 Å². The molecule has 2 rings (SSSR count). The molecule has 0 fully saturated rings. The Balaban J connectivity index is 2.48. The number of aryl methyl sites for hydroxylation is 2. The summed E-state index contributed by atoms with van der Waals surface area (Å²) >= 11 is 3.45. The Morgan fingerprint density at radius 3 is 2.80 bits per heavy atom. The number of oxazole rings is 1. The van der Waals surface area contributed by atoms with Gasteiger partial charge in [-0.15, -0.1) is 0 Å². The van der Waals surface area contributed by atoms with E-state index in [0.717, 1.165) is 33.8 Å². The minimum absolute atomic E-state index is 0.794. The first-order valence-corrected chi connectivity index (χ1v) is 5.72. The summed E-state index contributed by atoms with van der Waals surface area (Å²) in [7, 11) is 0. The molecule has 78 valence electrons. The van der Waals surface area contributed by atoms with Gasteiger partial charge in [0.15, 0.2) is 5.89 Å². The average Bonchev–Trinajstić information content (AvgIpc) is 2.60. The van der Waals surface area contributed by atoms with Gasteiger partial charge in [-0.25, -0.2) is 4.98 Å². The van der Waals surface area contributed by atoms with Crippen LogP contribution in [-0.4, -0.2) is 4.98 Å². The second-order valence-electron chi connectivity index (χ2n) is 3.38. The standard InChI is InChI=1S/C12H12BrNO/c1-3-11-14-12(8(2)15-11)9-5-4-6-10(13)7-9/h4-7H,3H2,1-2H3. The Morgan fingerprint density at radius 1 is 1.40 bits per heavy atom. The van der Waals surface area contributed by atoms with E-state index in [1.165, 1.54) is 0 Å². The molecule has 0 spiro atoms. The Hall–Kier alpha value is -1.09. The Morgan fingerprint density at radius 2 is 2.20 bits per heavy atom. The van der Waals surface area contributed by atoms with E-state index >= 15 is 0 Å². The minimum atomic E-state index is 0.794. The molecule has 0 aliphatic rings. The lowest BCUT2D eigenvalue weighted by Crippen LogP contribution is -1.82. The summed E-state index contributed by atoms with van der Waals surface area (Å²) in [4.78, 5) is 4.45. The van der Waals surface area contributed by atoms with E-state index in [2.05, 4.69) is 20.9 Å². The molecule has 1 heterocycles. The average molecular weight is 266 g/mol. The third kappa shape index (κ3) is 2.12. The molecule has 1 aromatic carbocycles. The van der Waals surface area contributed by atoms with Gasteiger partial charge in [0, 0.05) is 16.5 Å². The molecular formula is C12H12BrNO. The first kappa shape index (κ1) is 10.4. The molecule has 0 saturated carbocycles. The fourth-order valence-corrected chi connectivity index (χ4v) is 1.91. The molecule has 0 atom stereocenters. The molecule has 0 saturated heterocycles. The summed E-state index contributed by atoms with van der Waals surface area (Å²) in [6.45, 7) is 3.98. The Bertz CT molecular complexity index is 476. The highest BCUT2D eigenvalue weighted by Crippen LogP contribution is 2.25. The van der Waals surface area contributed by atoms with Crippen molar-refractivity contribution >= 4 is 15.9 Å².